The van der Waals surface area contributed by atoms with Crippen LogP contribution in [-0.4, -0.2) is 41.9 Å². The summed E-state index contributed by atoms with van der Waals surface area (Å²) in [5.41, 5.74) is 0.457. The fourth-order valence-electron chi connectivity index (χ4n) is 1.53. The predicted molar refractivity (Wildman–Crippen MR) is 63.9 cm³/mol. The lowest BCUT2D eigenvalue weighted by Crippen LogP contribution is -2.26. The third kappa shape index (κ3) is 4.65. The zero-order chi connectivity index (χ0) is 12.7. The standard InChI is InChI=1S/C13H18O4/c1-17-8-7-11(14)9-12(15)13(16)10-5-3-2-4-6-10/h2-6,11-12,14-15H,7-9H2,1H3. The monoisotopic (exact) mass is 238 g/mol. The number of hydrogen-bond acceptors (Lipinski definition) is 4. The first-order chi connectivity index (χ1) is 8.15. The number of ether oxygens (including phenoxy) is 1. The third-order valence-corrected chi connectivity index (χ3v) is 2.51. The summed E-state index contributed by atoms with van der Waals surface area (Å²) in [5.74, 6) is -0.359. The van der Waals surface area contributed by atoms with E-state index in [1.165, 1.54) is 7.11 Å². The Morgan fingerprint density at radius 1 is 1.29 bits per heavy atom. The van der Waals surface area contributed by atoms with Crippen molar-refractivity contribution in [1.82, 2.24) is 0 Å². The Labute approximate surface area is 101 Å². The van der Waals surface area contributed by atoms with Gasteiger partial charge < -0.3 is 14.9 Å². The highest BCUT2D eigenvalue weighted by atomic mass is 16.5. The predicted octanol–water partition coefficient (Wildman–Crippen LogP) is 1.02. The summed E-state index contributed by atoms with van der Waals surface area (Å²) in [6, 6.07) is 8.57. The molecule has 1 aromatic carbocycles. The number of carbonyl (C=O) groups excluding carboxylic acids is 1. The number of Topliss-reactive ketones (excluding diaryl/α,β-unsaturated/α-hetero) is 1. The van der Waals surface area contributed by atoms with Crippen LogP contribution >= 0.6 is 0 Å². The van der Waals surface area contributed by atoms with E-state index in [4.69, 9.17) is 4.74 Å². The van der Waals surface area contributed by atoms with Gasteiger partial charge in [0.15, 0.2) is 5.78 Å². The zero-order valence-corrected chi connectivity index (χ0v) is 9.87. The fourth-order valence-corrected chi connectivity index (χ4v) is 1.53. The molecule has 2 unspecified atom stereocenters. The second kappa shape index (κ2) is 7.17. The van der Waals surface area contributed by atoms with Crippen LogP contribution in [0.4, 0.5) is 0 Å². The second-order valence-electron chi connectivity index (χ2n) is 3.92. The van der Waals surface area contributed by atoms with Gasteiger partial charge in [-0.05, 0) is 6.42 Å². The van der Waals surface area contributed by atoms with Crippen molar-refractivity contribution in [1.29, 1.82) is 0 Å². The molecule has 1 rings (SSSR count). The van der Waals surface area contributed by atoms with E-state index < -0.39 is 12.2 Å². The van der Waals surface area contributed by atoms with Crippen LogP contribution in [0.2, 0.25) is 0 Å². The smallest absolute Gasteiger partial charge is 0.191 e. The molecule has 2 atom stereocenters. The van der Waals surface area contributed by atoms with E-state index in [1.807, 2.05) is 0 Å². The van der Waals surface area contributed by atoms with E-state index >= 15 is 0 Å². The Bertz CT molecular complexity index is 337. The molecule has 2 N–H and O–H groups in total. The van der Waals surface area contributed by atoms with Crippen LogP contribution in [0.3, 0.4) is 0 Å². The van der Waals surface area contributed by atoms with E-state index in [0.29, 0.717) is 18.6 Å². The van der Waals surface area contributed by atoms with Crippen molar-refractivity contribution in [3.63, 3.8) is 0 Å². The van der Waals surface area contributed by atoms with Crippen LogP contribution < -0.4 is 0 Å². The highest BCUT2D eigenvalue weighted by Crippen LogP contribution is 2.09. The Balaban J connectivity index is 2.47. The molecule has 94 valence electrons. The van der Waals surface area contributed by atoms with Crippen molar-refractivity contribution < 1.29 is 19.7 Å². The summed E-state index contributed by atoms with van der Waals surface area (Å²) in [7, 11) is 1.54. The molecule has 17 heavy (non-hydrogen) atoms. The van der Waals surface area contributed by atoms with Crippen LogP contribution in [0.15, 0.2) is 30.3 Å². The second-order valence-corrected chi connectivity index (χ2v) is 3.92. The van der Waals surface area contributed by atoms with Crippen molar-refractivity contribution >= 4 is 5.78 Å². The number of benzene rings is 1. The largest absolute Gasteiger partial charge is 0.393 e. The molecule has 0 aliphatic rings. The number of rotatable bonds is 7. The van der Waals surface area contributed by atoms with Gasteiger partial charge in [0.05, 0.1) is 6.10 Å². The maximum atomic E-state index is 11.8. The van der Waals surface area contributed by atoms with Gasteiger partial charge in [-0.25, -0.2) is 0 Å². The number of aliphatic hydroxyl groups excluding tert-OH is 2. The van der Waals surface area contributed by atoms with Gasteiger partial charge in [-0.3, -0.25) is 4.79 Å². The van der Waals surface area contributed by atoms with Gasteiger partial charge in [0.1, 0.15) is 6.10 Å². The first-order valence-electron chi connectivity index (χ1n) is 5.59. The molecular weight excluding hydrogens is 220 g/mol. The van der Waals surface area contributed by atoms with Gasteiger partial charge >= 0.3 is 0 Å². The van der Waals surface area contributed by atoms with Crippen molar-refractivity contribution in [3.8, 4) is 0 Å². The lowest BCUT2D eigenvalue weighted by molar-refractivity contribution is 0.0459. The molecule has 4 heteroatoms. The molecule has 0 saturated heterocycles. The molecule has 0 bridgehead atoms. The van der Waals surface area contributed by atoms with Gasteiger partial charge in [0.2, 0.25) is 0 Å². The van der Waals surface area contributed by atoms with Gasteiger partial charge in [-0.1, -0.05) is 30.3 Å². The molecule has 0 aliphatic heterocycles. The molecule has 0 radical (unpaired) electrons. The quantitative estimate of drug-likeness (QED) is 0.696. The van der Waals surface area contributed by atoms with Crippen LogP contribution in [0.1, 0.15) is 23.2 Å². The molecule has 0 saturated carbocycles. The third-order valence-electron chi connectivity index (χ3n) is 2.51. The Kier molecular flexibility index (Phi) is 5.83. The Morgan fingerprint density at radius 3 is 2.53 bits per heavy atom. The molecule has 0 spiro atoms. The van der Waals surface area contributed by atoms with E-state index in [1.54, 1.807) is 30.3 Å². The summed E-state index contributed by atoms with van der Waals surface area (Å²) in [6.07, 6.45) is -1.44. The molecule has 1 aromatic rings. The summed E-state index contributed by atoms with van der Waals surface area (Å²) in [4.78, 5) is 11.8. The van der Waals surface area contributed by atoms with Gasteiger partial charge in [0, 0.05) is 25.7 Å². The molecule has 0 aromatic heterocycles. The van der Waals surface area contributed by atoms with Gasteiger partial charge in [-0.15, -0.1) is 0 Å². The van der Waals surface area contributed by atoms with Gasteiger partial charge in [-0.2, -0.15) is 0 Å². The molecule has 0 aliphatic carbocycles. The maximum absolute atomic E-state index is 11.8. The zero-order valence-electron chi connectivity index (χ0n) is 9.87. The van der Waals surface area contributed by atoms with Crippen molar-refractivity contribution in [3.05, 3.63) is 35.9 Å². The number of carbonyl (C=O) groups is 1. The van der Waals surface area contributed by atoms with Crippen molar-refractivity contribution in [2.24, 2.45) is 0 Å². The van der Waals surface area contributed by atoms with Crippen molar-refractivity contribution in [2.75, 3.05) is 13.7 Å². The van der Waals surface area contributed by atoms with Crippen molar-refractivity contribution in [2.45, 2.75) is 25.0 Å². The average molecular weight is 238 g/mol. The normalized spacial score (nSPS) is 14.3. The van der Waals surface area contributed by atoms with Crippen LogP contribution in [0.25, 0.3) is 0 Å². The highest BCUT2D eigenvalue weighted by Gasteiger charge is 2.20. The maximum Gasteiger partial charge on any atom is 0.191 e. The van der Waals surface area contributed by atoms with E-state index in [2.05, 4.69) is 0 Å². The molecule has 0 amide bonds. The SMILES string of the molecule is COCCC(O)CC(O)C(=O)c1ccccc1. The van der Waals surface area contributed by atoms with E-state index in [9.17, 15) is 15.0 Å². The minimum absolute atomic E-state index is 0.0388. The van der Waals surface area contributed by atoms with Crippen LogP contribution in [0, 0.1) is 0 Å². The first-order valence-corrected chi connectivity index (χ1v) is 5.59. The summed E-state index contributed by atoms with van der Waals surface area (Å²) < 4.78 is 4.81. The highest BCUT2D eigenvalue weighted by molar-refractivity contribution is 5.99. The molecule has 4 nitrogen and oxygen atoms in total. The lowest BCUT2D eigenvalue weighted by Gasteiger charge is -2.14. The first kappa shape index (κ1) is 13.8. The number of ketones is 1. The van der Waals surface area contributed by atoms with E-state index in [0.717, 1.165) is 0 Å². The minimum Gasteiger partial charge on any atom is -0.393 e. The minimum atomic E-state index is -1.16. The molecule has 0 heterocycles. The average Bonchev–Trinajstić information content (AvgIpc) is 2.36. The van der Waals surface area contributed by atoms with Gasteiger partial charge in [0.25, 0.3) is 0 Å². The molecule has 0 fully saturated rings. The molecular formula is C13H18O4. The van der Waals surface area contributed by atoms with E-state index in [-0.39, 0.29) is 12.2 Å². The van der Waals surface area contributed by atoms with Crippen LogP contribution in [0.5, 0.6) is 0 Å². The summed E-state index contributed by atoms with van der Waals surface area (Å²) in [5, 5.41) is 19.2. The topological polar surface area (TPSA) is 66.8 Å². The fraction of sp³-hybridized carbons (Fsp3) is 0.462. The number of methoxy groups -OCH3 is 1. The Morgan fingerprint density at radius 2 is 1.94 bits per heavy atom. The Hall–Kier alpha value is -1.23. The van der Waals surface area contributed by atoms with Crippen LogP contribution in [-0.2, 0) is 4.74 Å². The summed E-state index contributed by atoms with van der Waals surface area (Å²) in [6.45, 7) is 0.410. The number of hydrogen-bond donors (Lipinski definition) is 2. The lowest BCUT2D eigenvalue weighted by atomic mass is 10.0. The number of aliphatic hydroxyl groups is 2. The summed E-state index contributed by atoms with van der Waals surface area (Å²) >= 11 is 0.